The molecule has 1 rings (SSSR count). The maximum Gasteiger partial charge on any atom is 0.0100 e. The third kappa shape index (κ3) is 8.37. The van der Waals surface area contributed by atoms with Crippen molar-refractivity contribution in [1.82, 2.24) is 0 Å². The molecular formula is C19H33N. The molecule has 0 saturated carbocycles. The molecule has 0 aliphatic heterocycles. The van der Waals surface area contributed by atoms with Gasteiger partial charge in [-0.3, -0.25) is 0 Å². The Hall–Kier alpha value is -0.820. The fraction of sp³-hybridized carbons (Fsp3) is 0.684. The van der Waals surface area contributed by atoms with Crippen LogP contribution in [0.15, 0.2) is 24.3 Å². The summed E-state index contributed by atoms with van der Waals surface area (Å²) in [5.74, 6) is 0. The van der Waals surface area contributed by atoms with E-state index >= 15 is 0 Å². The molecule has 0 unspecified atom stereocenters. The van der Waals surface area contributed by atoms with Crippen LogP contribution in [0.1, 0.15) is 76.8 Å². The zero-order chi connectivity index (χ0) is 14.8. The van der Waals surface area contributed by atoms with Gasteiger partial charge >= 0.3 is 0 Å². The molecule has 1 aromatic rings. The Morgan fingerprint density at radius 1 is 0.800 bits per heavy atom. The van der Waals surface area contributed by atoms with E-state index in [1.165, 1.54) is 56.1 Å². The van der Waals surface area contributed by atoms with Crippen LogP contribution < -0.4 is 5.73 Å². The van der Waals surface area contributed by atoms with Gasteiger partial charge in [-0.2, -0.15) is 0 Å². The number of unbranched alkanes of at least 4 members (excludes halogenated alkanes) is 5. The van der Waals surface area contributed by atoms with Gasteiger partial charge < -0.3 is 5.73 Å². The molecule has 1 nitrogen and oxygen atoms in total. The van der Waals surface area contributed by atoms with Crippen molar-refractivity contribution in [2.75, 3.05) is 0 Å². The van der Waals surface area contributed by atoms with E-state index in [0.29, 0.717) is 0 Å². The predicted octanol–water partition coefficient (Wildman–Crippen LogP) is 5.26. The molecule has 0 heterocycles. The standard InChI is InChI=1S/C19H33N/c1-4-5-6-7-8-9-10-17-11-13-18(14-12-17)15-16-19(2,3)20/h11-14H,4-10,15-16,20H2,1-3H3. The first kappa shape index (κ1) is 17.2. The van der Waals surface area contributed by atoms with Crippen LogP contribution in [-0.2, 0) is 12.8 Å². The van der Waals surface area contributed by atoms with E-state index in [2.05, 4.69) is 45.0 Å². The second kappa shape index (κ2) is 9.18. The monoisotopic (exact) mass is 275 g/mol. The van der Waals surface area contributed by atoms with E-state index in [9.17, 15) is 0 Å². The average Bonchev–Trinajstić information content (AvgIpc) is 2.41. The zero-order valence-corrected chi connectivity index (χ0v) is 13.8. The molecule has 1 aromatic carbocycles. The summed E-state index contributed by atoms with van der Waals surface area (Å²) in [6.07, 6.45) is 11.6. The van der Waals surface area contributed by atoms with Gasteiger partial charge in [-0.1, -0.05) is 63.3 Å². The predicted molar refractivity (Wildman–Crippen MR) is 90.1 cm³/mol. The highest BCUT2D eigenvalue weighted by atomic mass is 14.7. The zero-order valence-electron chi connectivity index (χ0n) is 13.8. The van der Waals surface area contributed by atoms with E-state index in [4.69, 9.17) is 5.73 Å². The van der Waals surface area contributed by atoms with Crippen LogP contribution >= 0.6 is 0 Å². The molecule has 2 N–H and O–H groups in total. The van der Waals surface area contributed by atoms with Crippen LogP contribution in [0, 0.1) is 0 Å². The van der Waals surface area contributed by atoms with Crippen molar-refractivity contribution in [2.45, 2.75) is 84.1 Å². The number of hydrogen-bond donors (Lipinski definition) is 1. The summed E-state index contributed by atoms with van der Waals surface area (Å²) < 4.78 is 0. The van der Waals surface area contributed by atoms with Crippen molar-refractivity contribution in [3.8, 4) is 0 Å². The second-order valence-corrected chi connectivity index (χ2v) is 6.82. The Bertz CT molecular complexity index is 345. The van der Waals surface area contributed by atoms with E-state index in [1.807, 2.05) is 0 Å². The first-order valence-electron chi connectivity index (χ1n) is 8.38. The van der Waals surface area contributed by atoms with E-state index in [-0.39, 0.29) is 5.54 Å². The lowest BCUT2D eigenvalue weighted by atomic mass is 9.95. The minimum Gasteiger partial charge on any atom is -0.326 e. The highest BCUT2D eigenvalue weighted by Crippen LogP contribution is 2.14. The molecule has 0 spiro atoms. The van der Waals surface area contributed by atoms with Gasteiger partial charge in [0.05, 0.1) is 0 Å². The number of benzene rings is 1. The molecule has 0 fully saturated rings. The lowest BCUT2D eigenvalue weighted by molar-refractivity contribution is 0.477. The quantitative estimate of drug-likeness (QED) is 0.579. The minimum absolute atomic E-state index is 0.0584. The van der Waals surface area contributed by atoms with Gasteiger partial charge in [-0.15, -0.1) is 0 Å². The smallest absolute Gasteiger partial charge is 0.0100 e. The first-order valence-corrected chi connectivity index (χ1v) is 8.38. The van der Waals surface area contributed by atoms with Gasteiger partial charge in [-0.25, -0.2) is 0 Å². The summed E-state index contributed by atoms with van der Waals surface area (Å²) in [6.45, 7) is 6.47. The van der Waals surface area contributed by atoms with Gasteiger partial charge in [0, 0.05) is 5.54 Å². The van der Waals surface area contributed by atoms with Crippen LogP contribution in [0.3, 0.4) is 0 Å². The van der Waals surface area contributed by atoms with Gasteiger partial charge in [0.25, 0.3) is 0 Å². The third-order valence-electron chi connectivity index (χ3n) is 3.90. The van der Waals surface area contributed by atoms with E-state index in [0.717, 1.165) is 12.8 Å². The van der Waals surface area contributed by atoms with Crippen molar-refractivity contribution in [2.24, 2.45) is 5.73 Å². The molecule has 0 saturated heterocycles. The summed E-state index contributed by atoms with van der Waals surface area (Å²) in [6, 6.07) is 9.14. The fourth-order valence-corrected chi connectivity index (χ4v) is 2.45. The van der Waals surface area contributed by atoms with Crippen molar-refractivity contribution in [1.29, 1.82) is 0 Å². The Balaban J connectivity index is 2.21. The molecule has 0 radical (unpaired) electrons. The maximum atomic E-state index is 6.03. The summed E-state index contributed by atoms with van der Waals surface area (Å²) in [5.41, 5.74) is 8.87. The van der Waals surface area contributed by atoms with Crippen LogP contribution in [0.4, 0.5) is 0 Å². The first-order chi connectivity index (χ1) is 9.51. The fourth-order valence-electron chi connectivity index (χ4n) is 2.45. The third-order valence-corrected chi connectivity index (χ3v) is 3.90. The Morgan fingerprint density at radius 3 is 1.85 bits per heavy atom. The second-order valence-electron chi connectivity index (χ2n) is 6.82. The van der Waals surface area contributed by atoms with Crippen molar-refractivity contribution < 1.29 is 0 Å². The lowest BCUT2D eigenvalue weighted by Gasteiger charge is -2.18. The lowest BCUT2D eigenvalue weighted by Crippen LogP contribution is -2.32. The summed E-state index contributed by atoms with van der Waals surface area (Å²) in [7, 11) is 0. The van der Waals surface area contributed by atoms with Gasteiger partial charge in [0.1, 0.15) is 0 Å². The molecule has 0 atom stereocenters. The molecular weight excluding hydrogens is 242 g/mol. The highest BCUT2D eigenvalue weighted by Gasteiger charge is 2.09. The van der Waals surface area contributed by atoms with Gasteiger partial charge in [0.15, 0.2) is 0 Å². The molecule has 20 heavy (non-hydrogen) atoms. The molecule has 0 aliphatic rings. The normalized spacial score (nSPS) is 11.8. The number of hydrogen-bond acceptors (Lipinski definition) is 1. The molecule has 0 bridgehead atoms. The van der Waals surface area contributed by atoms with Crippen molar-refractivity contribution in [3.63, 3.8) is 0 Å². The van der Waals surface area contributed by atoms with Crippen LogP contribution in [-0.4, -0.2) is 5.54 Å². The highest BCUT2D eigenvalue weighted by molar-refractivity contribution is 5.23. The largest absolute Gasteiger partial charge is 0.326 e. The van der Waals surface area contributed by atoms with Crippen LogP contribution in [0.5, 0.6) is 0 Å². The van der Waals surface area contributed by atoms with Crippen LogP contribution in [0.2, 0.25) is 0 Å². The summed E-state index contributed by atoms with van der Waals surface area (Å²) >= 11 is 0. The van der Waals surface area contributed by atoms with Gasteiger partial charge in [0.2, 0.25) is 0 Å². The van der Waals surface area contributed by atoms with Crippen molar-refractivity contribution >= 4 is 0 Å². The minimum atomic E-state index is -0.0584. The molecule has 0 aromatic heterocycles. The number of rotatable bonds is 10. The van der Waals surface area contributed by atoms with Crippen molar-refractivity contribution in [3.05, 3.63) is 35.4 Å². The molecule has 114 valence electrons. The Kier molecular flexibility index (Phi) is 7.91. The van der Waals surface area contributed by atoms with E-state index in [1.54, 1.807) is 0 Å². The Labute approximate surface area is 126 Å². The summed E-state index contributed by atoms with van der Waals surface area (Å²) in [4.78, 5) is 0. The maximum absolute atomic E-state index is 6.03. The molecule has 1 heteroatoms. The summed E-state index contributed by atoms with van der Waals surface area (Å²) in [5, 5.41) is 0. The van der Waals surface area contributed by atoms with E-state index < -0.39 is 0 Å². The van der Waals surface area contributed by atoms with Crippen LogP contribution in [0.25, 0.3) is 0 Å². The Morgan fingerprint density at radius 2 is 1.30 bits per heavy atom. The SMILES string of the molecule is CCCCCCCCc1ccc(CCC(C)(C)N)cc1. The van der Waals surface area contributed by atoms with Gasteiger partial charge in [-0.05, 0) is 50.7 Å². The number of nitrogens with two attached hydrogens (primary N) is 1. The molecule has 0 aliphatic carbocycles. The average molecular weight is 275 g/mol. The number of aryl methyl sites for hydroxylation is 2. The topological polar surface area (TPSA) is 26.0 Å². The molecule has 0 amide bonds.